The van der Waals surface area contributed by atoms with E-state index in [0.29, 0.717) is 11.5 Å². The number of benzene rings is 1. The Kier molecular flexibility index (Phi) is 7.20. The van der Waals surface area contributed by atoms with Crippen molar-refractivity contribution < 1.29 is 15.0 Å². The number of hydrogen-bond donors (Lipinski definition) is 2. The summed E-state index contributed by atoms with van der Waals surface area (Å²) in [7, 11) is 6.17. The molecule has 21 heavy (non-hydrogen) atoms. The number of rotatable bonds is 9. The summed E-state index contributed by atoms with van der Waals surface area (Å²) < 4.78 is 5.19. The van der Waals surface area contributed by atoms with Crippen molar-refractivity contribution in [1.29, 1.82) is 0 Å². The lowest BCUT2D eigenvalue weighted by atomic mass is 9.92. The Morgan fingerprint density at radius 1 is 1.19 bits per heavy atom. The van der Waals surface area contributed by atoms with Crippen LogP contribution in [0.15, 0.2) is 24.3 Å². The maximum absolute atomic E-state index is 5.19. The molecule has 1 atom stereocenters. The van der Waals surface area contributed by atoms with Crippen LogP contribution in [0.1, 0.15) is 32.8 Å². The maximum atomic E-state index is 5.19. The second kappa shape index (κ2) is 8.40. The molecule has 0 spiro atoms. The van der Waals surface area contributed by atoms with E-state index in [4.69, 9.17) is 4.74 Å². The van der Waals surface area contributed by atoms with Gasteiger partial charge in [-0.1, -0.05) is 12.1 Å². The smallest absolute Gasteiger partial charge is 0.118 e. The summed E-state index contributed by atoms with van der Waals surface area (Å²) in [5, 5.41) is 2.51. The molecule has 120 valence electrons. The van der Waals surface area contributed by atoms with Crippen molar-refractivity contribution in [2.45, 2.75) is 39.7 Å². The third kappa shape index (κ3) is 7.49. The zero-order chi connectivity index (χ0) is 15.9. The Labute approximate surface area is 130 Å². The minimum atomic E-state index is 0.396. The van der Waals surface area contributed by atoms with Gasteiger partial charge in [-0.05, 0) is 44.9 Å². The van der Waals surface area contributed by atoms with Crippen LogP contribution in [0.5, 0.6) is 5.75 Å². The quantitative estimate of drug-likeness (QED) is 0.692. The van der Waals surface area contributed by atoms with Crippen LogP contribution in [0.25, 0.3) is 0 Å². The van der Waals surface area contributed by atoms with Gasteiger partial charge in [-0.25, -0.2) is 0 Å². The highest BCUT2D eigenvalue weighted by Crippen LogP contribution is 2.13. The van der Waals surface area contributed by atoms with Crippen molar-refractivity contribution in [2.75, 3.05) is 34.3 Å². The van der Waals surface area contributed by atoms with Gasteiger partial charge in [-0.3, -0.25) is 0 Å². The summed E-state index contributed by atoms with van der Waals surface area (Å²) in [6.07, 6.45) is 2.36. The lowest BCUT2D eigenvalue weighted by molar-refractivity contribution is -0.869. The van der Waals surface area contributed by atoms with Crippen LogP contribution in [-0.4, -0.2) is 40.3 Å². The van der Waals surface area contributed by atoms with Gasteiger partial charge in [0.15, 0.2) is 0 Å². The van der Waals surface area contributed by atoms with Gasteiger partial charge < -0.3 is 15.0 Å². The summed E-state index contributed by atoms with van der Waals surface area (Å²) in [4.78, 5) is 1.53. The minimum absolute atomic E-state index is 0.396. The summed E-state index contributed by atoms with van der Waals surface area (Å²) in [6, 6.07) is 9.11. The van der Waals surface area contributed by atoms with Gasteiger partial charge in [0.25, 0.3) is 0 Å². The van der Waals surface area contributed by atoms with E-state index in [1.54, 1.807) is 7.11 Å². The average molecular weight is 294 g/mol. The molecule has 3 N–H and O–H groups in total. The second-order valence-corrected chi connectivity index (χ2v) is 7.35. The molecule has 0 aliphatic rings. The van der Waals surface area contributed by atoms with Crippen LogP contribution in [0.3, 0.4) is 0 Å². The first-order valence-corrected chi connectivity index (χ1v) is 8.08. The Balaban J connectivity index is 2.31. The molecule has 0 heterocycles. The van der Waals surface area contributed by atoms with Crippen LogP contribution < -0.4 is 15.0 Å². The maximum Gasteiger partial charge on any atom is 0.118 e. The van der Waals surface area contributed by atoms with Gasteiger partial charge in [0.2, 0.25) is 0 Å². The summed E-state index contributed by atoms with van der Waals surface area (Å²) >= 11 is 0. The van der Waals surface area contributed by atoms with Crippen molar-refractivity contribution in [2.24, 2.45) is 5.41 Å². The van der Waals surface area contributed by atoms with Crippen molar-refractivity contribution in [3.63, 3.8) is 0 Å². The van der Waals surface area contributed by atoms with E-state index in [2.05, 4.69) is 52.3 Å². The fourth-order valence-electron chi connectivity index (χ4n) is 2.85. The molecular weight excluding hydrogens is 260 g/mol. The molecule has 0 fully saturated rings. The molecule has 0 unspecified atom stereocenters. The number of ether oxygens (including phenoxy) is 1. The predicted molar refractivity (Wildman–Crippen MR) is 89.0 cm³/mol. The zero-order valence-electron chi connectivity index (χ0n) is 14.7. The van der Waals surface area contributed by atoms with E-state index >= 15 is 0 Å². The second-order valence-electron chi connectivity index (χ2n) is 7.35. The van der Waals surface area contributed by atoms with Crippen LogP contribution in [0.4, 0.5) is 0 Å². The number of hydrogen-bond acceptors (Lipinski definition) is 1. The molecule has 0 saturated heterocycles. The average Bonchev–Trinajstić information content (AvgIpc) is 2.42. The van der Waals surface area contributed by atoms with E-state index < -0.39 is 0 Å². The van der Waals surface area contributed by atoms with Crippen molar-refractivity contribution in [3.05, 3.63) is 29.8 Å². The van der Waals surface area contributed by atoms with Gasteiger partial charge in [0.1, 0.15) is 5.75 Å². The third-order valence-electron chi connectivity index (χ3n) is 3.95. The number of nitrogens with one attached hydrogen (secondary N) is 1. The number of aryl methyl sites for hydroxylation is 1. The lowest BCUT2D eigenvalue weighted by Crippen LogP contribution is -3.08. The van der Waals surface area contributed by atoms with Crippen LogP contribution >= 0.6 is 0 Å². The molecular formula is C18H34N2O+2. The van der Waals surface area contributed by atoms with Crippen molar-refractivity contribution in [3.8, 4) is 5.75 Å². The molecule has 0 aromatic heterocycles. The molecule has 1 rings (SSSR count). The Bertz CT molecular complexity index is 398. The lowest BCUT2D eigenvalue weighted by Gasteiger charge is -2.25. The molecule has 1 aromatic rings. The topological polar surface area (TPSA) is 30.3 Å². The molecule has 0 aliphatic heterocycles. The molecule has 3 nitrogen and oxygen atoms in total. The predicted octanol–water partition coefficient (Wildman–Crippen LogP) is 0.750. The first-order valence-electron chi connectivity index (χ1n) is 8.08. The normalized spacial score (nSPS) is 13.5. The van der Waals surface area contributed by atoms with E-state index in [1.165, 1.54) is 30.0 Å². The number of nitrogens with two attached hydrogens (primary N) is 1. The van der Waals surface area contributed by atoms with E-state index in [9.17, 15) is 0 Å². The first kappa shape index (κ1) is 18.0. The first-order chi connectivity index (χ1) is 9.82. The standard InChI is InChI=1S/C18H32N2O/c1-15(19-13-18(2,3)14-20(4)5)7-8-16-9-11-17(21-6)12-10-16/h9-12,15,19H,7-8,13-14H2,1-6H3/p+2/t15-/m1/s1. The molecule has 3 heteroatoms. The molecule has 0 aliphatic carbocycles. The monoisotopic (exact) mass is 294 g/mol. The fourth-order valence-corrected chi connectivity index (χ4v) is 2.85. The highest BCUT2D eigenvalue weighted by atomic mass is 16.5. The van der Waals surface area contributed by atoms with Crippen LogP contribution in [0.2, 0.25) is 0 Å². The summed E-state index contributed by atoms with van der Waals surface area (Å²) in [6.45, 7) is 9.48. The van der Waals surface area contributed by atoms with Crippen LogP contribution in [-0.2, 0) is 6.42 Å². The summed E-state index contributed by atoms with van der Waals surface area (Å²) in [5.74, 6) is 0.936. The van der Waals surface area contributed by atoms with Gasteiger partial charge in [-0.2, -0.15) is 0 Å². The number of methoxy groups -OCH3 is 1. The summed E-state index contributed by atoms with van der Waals surface area (Å²) in [5.41, 5.74) is 1.79. The largest absolute Gasteiger partial charge is 0.497 e. The van der Waals surface area contributed by atoms with E-state index in [1.807, 2.05) is 12.1 Å². The van der Waals surface area contributed by atoms with E-state index in [0.717, 1.165) is 12.2 Å². The molecule has 1 aromatic carbocycles. The van der Waals surface area contributed by atoms with Gasteiger partial charge in [-0.15, -0.1) is 0 Å². The highest BCUT2D eigenvalue weighted by Gasteiger charge is 2.24. The highest BCUT2D eigenvalue weighted by molar-refractivity contribution is 5.27. The molecule has 0 bridgehead atoms. The Morgan fingerprint density at radius 3 is 2.33 bits per heavy atom. The number of quaternary nitrogens is 2. The Morgan fingerprint density at radius 2 is 1.81 bits per heavy atom. The SMILES string of the molecule is COc1ccc(CC[C@@H](C)[NH2+]CC(C)(C)C[NH+](C)C)cc1. The molecule has 0 saturated carbocycles. The van der Waals surface area contributed by atoms with Crippen molar-refractivity contribution >= 4 is 0 Å². The molecule has 0 amide bonds. The van der Waals surface area contributed by atoms with Crippen molar-refractivity contribution in [1.82, 2.24) is 0 Å². The minimum Gasteiger partial charge on any atom is -0.497 e. The van der Waals surface area contributed by atoms with Crippen LogP contribution in [0, 0.1) is 5.41 Å². The Hall–Kier alpha value is -1.06. The molecule has 0 radical (unpaired) electrons. The van der Waals surface area contributed by atoms with E-state index in [-0.39, 0.29) is 0 Å². The third-order valence-corrected chi connectivity index (χ3v) is 3.95. The van der Waals surface area contributed by atoms with Gasteiger partial charge >= 0.3 is 0 Å². The zero-order valence-corrected chi connectivity index (χ0v) is 14.7. The van der Waals surface area contributed by atoms with Gasteiger partial charge in [0.05, 0.1) is 45.8 Å². The fraction of sp³-hybridized carbons (Fsp3) is 0.667. The van der Waals surface area contributed by atoms with Gasteiger partial charge in [0, 0.05) is 6.42 Å².